The minimum atomic E-state index is -3.26. The van der Waals surface area contributed by atoms with Crippen molar-refractivity contribution in [3.8, 4) is 0 Å². The van der Waals surface area contributed by atoms with Crippen LogP contribution >= 0.6 is 0 Å². The van der Waals surface area contributed by atoms with Gasteiger partial charge in [0.2, 0.25) is 10.0 Å². The van der Waals surface area contributed by atoms with Gasteiger partial charge in [0.1, 0.15) is 5.82 Å². The maximum atomic E-state index is 11.9. The smallest absolute Gasteiger partial charge is 0.208 e. The fourth-order valence-electron chi connectivity index (χ4n) is 4.84. The lowest BCUT2D eigenvalue weighted by molar-refractivity contribution is -0.00213. The van der Waals surface area contributed by atoms with E-state index in [0.717, 1.165) is 51.0 Å². The second-order valence-corrected chi connectivity index (χ2v) is 10.5. The second-order valence-electron chi connectivity index (χ2n) is 8.77. The molecular weight excluding hydrogens is 412 g/mol. The van der Waals surface area contributed by atoms with Crippen LogP contribution in [0.5, 0.6) is 0 Å². The molecule has 1 N–H and O–H groups in total. The first-order chi connectivity index (χ1) is 15.0. The largest absolute Gasteiger partial charge is 0.378 e. The van der Waals surface area contributed by atoms with Crippen LogP contribution in [0.3, 0.4) is 0 Å². The summed E-state index contributed by atoms with van der Waals surface area (Å²) in [5.41, 5.74) is 1.36. The number of sulfonamides is 1. The number of rotatable bonds is 7. The molecule has 168 valence electrons. The van der Waals surface area contributed by atoms with Gasteiger partial charge in [-0.1, -0.05) is 6.07 Å². The summed E-state index contributed by atoms with van der Waals surface area (Å²) in [4.78, 5) is 10.8. The molecule has 2 aromatic rings. The van der Waals surface area contributed by atoms with E-state index >= 15 is 0 Å². The highest BCUT2D eigenvalue weighted by molar-refractivity contribution is 7.88. The minimum absolute atomic E-state index is 0.0865. The van der Waals surface area contributed by atoms with E-state index in [2.05, 4.69) is 31.7 Å². The summed E-state index contributed by atoms with van der Waals surface area (Å²) >= 11 is 0. The third-order valence-corrected chi connectivity index (χ3v) is 7.20. The Labute approximate surface area is 185 Å². The summed E-state index contributed by atoms with van der Waals surface area (Å²) in [6.45, 7) is 2.06. The van der Waals surface area contributed by atoms with Gasteiger partial charge in [0.15, 0.2) is 0 Å². The van der Waals surface area contributed by atoms with Gasteiger partial charge < -0.3 is 9.64 Å². The Morgan fingerprint density at radius 1 is 1.06 bits per heavy atom. The Kier molecular flexibility index (Phi) is 7.20. The lowest BCUT2D eigenvalue weighted by Crippen LogP contribution is -2.52. The molecule has 1 aliphatic carbocycles. The van der Waals surface area contributed by atoms with E-state index in [4.69, 9.17) is 4.74 Å². The maximum absolute atomic E-state index is 11.9. The zero-order chi connectivity index (χ0) is 21.7. The minimum Gasteiger partial charge on any atom is -0.378 e. The molecule has 2 atom stereocenters. The topological polar surface area (TPSA) is 84.4 Å². The number of ether oxygens (including phenoxy) is 1. The van der Waals surface area contributed by atoms with Crippen LogP contribution in [0.15, 0.2) is 48.9 Å². The predicted octanol–water partition coefficient (Wildman–Crippen LogP) is 2.96. The van der Waals surface area contributed by atoms with Crippen LogP contribution < -0.4 is 9.62 Å². The van der Waals surface area contributed by atoms with Crippen molar-refractivity contribution in [2.24, 2.45) is 5.92 Å². The molecule has 0 aromatic carbocycles. The number of nitrogens with zero attached hydrogens (tertiary/aromatic N) is 3. The molecule has 0 unspecified atom stereocenters. The van der Waals surface area contributed by atoms with Crippen LogP contribution in [-0.4, -0.2) is 56.5 Å². The summed E-state index contributed by atoms with van der Waals surface area (Å²) in [6, 6.07) is 10.0. The van der Waals surface area contributed by atoms with Crippen molar-refractivity contribution >= 4 is 15.8 Å². The molecule has 0 bridgehead atoms. The summed E-state index contributed by atoms with van der Waals surface area (Å²) in [7, 11) is -3.26. The Bertz CT molecular complexity index is 918. The number of aromatic nitrogens is 2. The van der Waals surface area contributed by atoms with E-state index in [0.29, 0.717) is 12.5 Å². The molecule has 2 aromatic heterocycles. The number of nitrogens with one attached hydrogen (secondary N) is 1. The van der Waals surface area contributed by atoms with Crippen molar-refractivity contribution in [3.05, 3.63) is 54.5 Å². The van der Waals surface area contributed by atoms with Crippen molar-refractivity contribution in [1.82, 2.24) is 14.7 Å². The van der Waals surface area contributed by atoms with Crippen LogP contribution in [0.2, 0.25) is 0 Å². The van der Waals surface area contributed by atoms with Gasteiger partial charge in [-0.15, -0.1) is 0 Å². The van der Waals surface area contributed by atoms with Gasteiger partial charge in [0.25, 0.3) is 0 Å². The predicted molar refractivity (Wildman–Crippen MR) is 122 cm³/mol. The van der Waals surface area contributed by atoms with Crippen LogP contribution in [0, 0.1) is 5.92 Å². The number of piperidine rings is 1. The monoisotopic (exact) mass is 444 g/mol. The van der Waals surface area contributed by atoms with E-state index in [1.807, 2.05) is 30.6 Å². The maximum Gasteiger partial charge on any atom is 0.208 e. The first-order valence-corrected chi connectivity index (χ1v) is 13.0. The Morgan fingerprint density at radius 3 is 2.52 bits per heavy atom. The Hall–Kier alpha value is -2.03. The lowest BCUT2D eigenvalue weighted by atomic mass is 9.83. The molecule has 4 rings (SSSR count). The third kappa shape index (κ3) is 6.24. The molecule has 7 nitrogen and oxygen atoms in total. The van der Waals surface area contributed by atoms with Crippen molar-refractivity contribution in [3.63, 3.8) is 0 Å². The summed E-state index contributed by atoms with van der Waals surface area (Å²) < 4.78 is 33.0. The molecule has 31 heavy (non-hydrogen) atoms. The van der Waals surface area contributed by atoms with Gasteiger partial charge >= 0.3 is 0 Å². The number of hydrogen-bond acceptors (Lipinski definition) is 6. The quantitative estimate of drug-likeness (QED) is 0.707. The van der Waals surface area contributed by atoms with Gasteiger partial charge in [-0.05, 0) is 67.9 Å². The van der Waals surface area contributed by atoms with Gasteiger partial charge in [0, 0.05) is 43.6 Å². The summed E-state index contributed by atoms with van der Waals surface area (Å²) in [5, 5.41) is 0. The standard InChI is InChI=1S/C23H32N4O3S/c1-31(28,29)26-22-11-15-27(23-4-2-3-12-25-23)16-20(22)17-30-21-7-5-18(6-8-21)19-9-13-24-14-10-19/h2-4,9-10,12-14,18,20-22,26H,5-8,11,15-17H2,1H3/t18-,20-,21+,22-/m0/s1. The molecule has 0 amide bonds. The van der Waals surface area contributed by atoms with E-state index in [9.17, 15) is 8.42 Å². The van der Waals surface area contributed by atoms with Gasteiger partial charge in [-0.25, -0.2) is 18.1 Å². The third-order valence-electron chi connectivity index (χ3n) is 6.47. The molecule has 3 heterocycles. The van der Waals surface area contributed by atoms with Gasteiger partial charge in [0.05, 0.1) is 19.0 Å². The average Bonchev–Trinajstić information content (AvgIpc) is 2.79. The normalized spacial score (nSPS) is 27.2. The molecule has 0 spiro atoms. The van der Waals surface area contributed by atoms with Crippen LogP contribution in [0.1, 0.15) is 43.6 Å². The Balaban J connectivity index is 1.34. The van der Waals surface area contributed by atoms with Crippen molar-refractivity contribution < 1.29 is 13.2 Å². The molecular formula is C23H32N4O3S. The van der Waals surface area contributed by atoms with Crippen LogP contribution in [-0.2, 0) is 14.8 Å². The SMILES string of the molecule is CS(=O)(=O)N[C@H]1CCN(c2ccccn2)C[C@H]1CO[C@H]1CC[C@@H](c2ccncc2)CC1. The van der Waals surface area contributed by atoms with Gasteiger partial charge in [-0.2, -0.15) is 0 Å². The number of anilines is 1. The van der Waals surface area contributed by atoms with E-state index < -0.39 is 10.0 Å². The lowest BCUT2D eigenvalue weighted by Gasteiger charge is -2.40. The Morgan fingerprint density at radius 2 is 1.84 bits per heavy atom. The van der Waals surface area contributed by atoms with Crippen molar-refractivity contribution in [2.45, 2.75) is 50.2 Å². The van der Waals surface area contributed by atoms with Crippen molar-refractivity contribution in [1.29, 1.82) is 0 Å². The zero-order valence-electron chi connectivity index (χ0n) is 18.1. The molecule has 1 saturated carbocycles. The average molecular weight is 445 g/mol. The second kappa shape index (κ2) is 10.1. The fraction of sp³-hybridized carbons (Fsp3) is 0.565. The molecule has 1 saturated heterocycles. The molecule has 1 aliphatic heterocycles. The number of pyridine rings is 2. The van der Waals surface area contributed by atoms with E-state index in [1.165, 1.54) is 11.8 Å². The highest BCUT2D eigenvalue weighted by Gasteiger charge is 2.33. The summed E-state index contributed by atoms with van der Waals surface area (Å²) in [5.74, 6) is 1.60. The van der Waals surface area contributed by atoms with Crippen molar-refractivity contribution in [2.75, 3.05) is 30.9 Å². The number of hydrogen-bond donors (Lipinski definition) is 1. The van der Waals surface area contributed by atoms with Crippen LogP contribution in [0.25, 0.3) is 0 Å². The van der Waals surface area contributed by atoms with E-state index in [1.54, 1.807) is 6.20 Å². The van der Waals surface area contributed by atoms with Crippen LogP contribution in [0.4, 0.5) is 5.82 Å². The first kappa shape index (κ1) is 22.2. The molecule has 0 radical (unpaired) electrons. The fourth-order valence-corrected chi connectivity index (χ4v) is 5.70. The highest BCUT2D eigenvalue weighted by atomic mass is 32.2. The first-order valence-electron chi connectivity index (χ1n) is 11.1. The molecule has 8 heteroatoms. The van der Waals surface area contributed by atoms with Gasteiger partial charge in [-0.3, -0.25) is 4.98 Å². The molecule has 2 fully saturated rings. The molecule has 2 aliphatic rings. The van der Waals surface area contributed by atoms with E-state index in [-0.39, 0.29) is 18.1 Å². The highest BCUT2D eigenvalue weighted by Crippen LogP contribution is 2.34. The zero-order valence-corrected chi connectivity index (χ0v) is 18.9. The summed E-state index contributed by atoms with van der Waals surface area (Å²) in [6.07, 6.45) is 12.0.